The highest BCUT2D eigenvalue weighted by molar-refractivity contribution is 9.10. The number of ether oxygens (including phenoxy) is 2. The van der Waals surface area contributed by atoms with E-state index in [-0.39, 0.29) is 0 Å². The molecule has 0 aliphatic rings. The molecule has 0 atom stereocenters. The van der Waals surface area contributed by atoms with Crippen LogP contribution < -0.4 is 4.74 Å². The van der Waals surface area contributed by atoms with Crippen LogP contribution >= 0.6 is 27.5 Å². The van der Waals surface area contributed by atoms with Gasteiger partial charge in [0, 0.05) is 16.3 Å². The average Bonchev–Trinajstić information content (AvgIpc) is 2.61. The first-order valence-corrected chi connectivity index (χ1v) is 12.9. The zero-order valence-electron chi connectivity index (χ0n) is 16.1. The summed E-state index contributed by atoms with van der Waals surface area (Å²) >= 11 is 9.70. The normalized spacial score (nSPS) is 11.4. The summed E-state index contributed by atoms with van der Waals surface area (Å²) in [7, 11) is -0.465. The van der Waals surface area contributed by atoms with Crippen molar-refractivity contribution in [3.63, 3.8) is 0 Å². The molecule has 0 bridgehead atoms. The SMILES string of the molecule is C=C(N=Cc1cc(Br)ccc1Oc1ccc(C(=O)OC)cc1Cl)O[Si](C)(C)C. The minimum Gasteiger partial charge on any atom is -0.532 e. The van der Waals surface area contributed by atoms with Crippen molar-refractivity contribution in [2.24, 2.45) is 4.99 Å². The van der Waals surface area contributed by atoms with Crippen molar-refractivity contribution in [2.45, 2.75) is 19.6 Å². The number of aliphatic imine (C=N–C) groups is 1. The Morgan fingerprint density at radius 3 is 2.46 bits per heavy atom. The zero-order valence-corrected chi connectivity index (χ0v) is 19.4. The van der Waals surface area contributed by atoms with Crippen LogP contribution in [0, 0.1) is 0 Å². The maximum Gasteiger partial charge on any atom is 0.337 e. The molecular formula is C20H21BrClNO4Si. The molecule has 0 radical (unpaired) electrons. The average molecular weight is 483 g/mol. The maximum absolute atomic E-state index is 11.6. The molecule has 0 aliphatic carbocycles. The van der Waals surface area contributed by atoms with Crippen molar-refractivity contribution < 1.29 is 18.7 Å². The van der Waals surface area contributed by atoms with E-state index in [2.05, 4.69) is 47.1 Å². The first-order chi connectivity index (χ1) is 13.1. The van der Waals surface area contributed by atoms with Crippen LogP contribution in [-0.4, -0.2) is 27.6 Å². The van der Waals surface area contributed by atoms with Gasteiger partial charge in [-0.1, -0.05) is 27.5 Å². The lowest BCUT2D eigenvalue weighted by Crippen LogP contribution is -2.24. The highest BCUT2D eigenvalue weighted by Gasteiger charge is 2.16. The van der Waals surface area contributed by atoms with Crippen LogP contribution in [-0.2, 0) is 9.16 Å². The summed E-state index contributed by atoms with van der Waals surface area (Å²) in [6, 6.07) is 10.2. The van der Waals surface area contributed by atoms with Gasteiger partial charge in [-0.15, -0.1) is 0 Å². The first-order valence-electron chi connectivity index (χ1n) is 8.36. The van der Waals surface area contributed by atoms with E-state index < -0.39 is 14.3 Å². The van der Waals surface area contributed by atoms with Crippen LogP contribution in [0.15, 0.2) is 58.3 Å². The van der Waals surface area contributed by atoms with Gasteiger partial charge in [0.25, 0.3) is 0 Å². The Labute approximate surface area is 179 Å². The summed E-state index contributed by atoms with van der Waals surface area (Å²) in [4.78, 5) is 15.9. The summed E-state index contributed by atoms with van der Waals surface area (Å²) in [6.07, 6.45) is 1.62. The summed E-state index contributed by atoms with van der Waals surface area (Å²) in [5, 5.41) is 0.292. The van der Waals surface area contributed by atoms with Gasteiger partial charge in [0.15, 0.2) is 5.88 Å². The number of benzene rings is 2. The topological polar surface area (TPSA) is 57.1 Å². The fraction of sp³-hybridized carbons (Fsp3) is 0.200. The van der Waals surface area contributed by atoms with Gasteiger partial charge in [-0.25, -0.2) is 9.79 Å². The van der Waals surface area contributed by atoms with Crippen molar-refractivity contribution in [1.82, 2.24) is 0 Å². The lowest BCUT2D eigenvalue weighted by Gasteiger charge is -2.18. The molecule has 0 aliphatic heterocycles. The highest BCUT2D eigenvalue weighted by atomic mass is 79.9. The molecule has 0 fully saturated rings. The number of nitrogens with zero attached hydrogens (tertiary/aromatic N) is 1. The standard InChI is InChI=1S/C20H21BrClNO4Si/c1-13(27-28(3,4)5)23-12-15-10-16(21)7-9-18(15)26-19-8-6-14(11-17(19)22)20(24)25-2/h6-12H,1H2,2-5H3. The van der Waals surface area contributed by atoms with Crippen LogP contribution in [0.2, 0.25) is 24.7 Å². The Balaban J connectivity index is 2.27. The Morgan fingerprint density at radius 1 is 1.18 bits per heavy atom. The van der Waals surface area contributed by atoms with Crippen molar-refractivity contribution in [2.75, 3.05) is 7.11 Å². The van der Waals surface area contributed by atoms with E-state index in [4.69, 9.17) is 25.5 Å². The van der Waals surface area contributed by atoms with E-state index in [1.165, 1.54) is 13.2 Å². The number of esters is 1. The lowest BCUT2D eigenvalue weighted by atomic mass is 10.2. The molecule has 0 saturated heterocycles. The number of methoxy groups -OCH3 is 1. The molecule has 2 rings (SSSR count). The van der Waals surface area contributed by atoms with Gasteiger partial charge in [-0.3, -0.25) is 0 Å². The van der Waals surface area contributed by atoms with E-state index in [1.807, 2.05) is 12.1 Å². The molecule has 0 heterocycles. The minimum absolute atomic E-state index is 0.292. The summed E-state index contributed by atoms with van der Waals surface area (Å²) in [5.74, 6) is 0.834. The molecule has 0 N–H and O–H groups in total. The third-order valence-electron chi connectivity index (χ3n) is 3.32. The number of hydrogen-bond acceptors (Lipinski definition) is 5. The fourth-order valence-corrected chi connectivity index (χ4v) is 3.54. The molecule has 148 valence electrons. The van der Waals surface area contributed by atoms with Crippen LogP contribution in [0.3, 0.4) is 0 Å². The predicted molar refractivity (Wildman–Crippen MR) is 118 cm³/mol. The van der Waals surface area contributed by atoms with Gasteiger partial charge in [0.05, 0.1) is 17.7 Å². The number of hydrogen-bond donors (Lipinski definition) is 0. The van der Waals surface area contributed by atoms with Gasteiger partial charge in [0.2, 0.25) is 8.32 Å². The predicted octanol–water partition coefficient (Wildman–Crippen LogP) is 6.42. The molecule has 2 aromatic carbocycles. The van der Waals surface area contributed by atoms with E-state index in [9.17, 15) is 4.79 Å². The molecule has 0 amide bonds. The van der Waals surface area contributed by atoms with Crippen LogP contribution in [0.5, 0.6) is 11.5 Å². The first kappa shape index (κ1) is 22.2. The molecule has 8 heteroatoms. The van der Waals surface area contributed by atoms with Crippen molar-refractivity contribution in [3.8, 4) is 11.5 Å². The van der Waals surface area contributed by atoms with Gasteiger partial charge < -0.3 is 13.9 Å². The van der Waals surface area contributed by atoms with E-state index in [0.717, 1.165) is 4.47 Å². The van der Waals surface area contributed by atoms with Crippen LogP contribution in [0.25, 0.3) is 0 Å². The second kappa shape index (κ2) is 9.40. The number of halogens is 2. The molecule has 0 unspecified atom stereocenters. The molecule has 0 aromatic heterocycles. The quantitative estimate of drug-likeness (QED) is 0.198. The number of rotatable bonds is 7. The summed E-state index contributed by atoms with van der Waals surface area (Å²) < 4.78 is 17.2. The van der Waals surface area contributed by atoms with Crippen molar-refractivity contribution >= 4 is 48.0 Å². The third-order valence-corrected chi connectivity index (χ3v) is 4.95. The third kappa shape index (κ3) is 6.51. The zero-order chi connectivity index (χ0) is 20.9. The Bertz CT molecular complexity index is 925. The van der Waals surface area contributed by atoms with E-state index >= 15 is 0 Å². The Morgan fingerprint density at radius 2 is 1.86 bits per heavy atom. The molecule has 0 spiro atoms. The van der Waals surface area contributed by atoms with Gasteiger partial charge in [-0.2, -0.15) is 0 Å². The Kier molecular flexibility index (Phi) is 7.46. The second-order valence-corrected chi connectivity index (χ2v) is 12.5. The molecule has 0 saturated carbocycles. The molecule has 5 nitrogen and oxygen atoms in total. The summed E-state index contributed by atoms with van der Waals surface area (Å²) in [5.41, 5.74) is 1.06. The highest BCUT2D eigenvalue weighted by Crippen LogP contribution is 2.33. The van der Waals surface area contributed by atoms with Gasteiger partial charge >= 0.3 is 5.97 Å². The fourth-order valence-electron chi connectivity index (χ4n) is 2.18. The molecule has 2 aromatic rings. The largest absolute Gasteiger partial charge is 0.532 e. The van der Waals surface area contributed by atoms with Crippen LogP contribution in [0.1, 0.15) is 15.9 Å². The maximum atomic E-state index is 11.6. The van der Waals surface area contributed by atoms with Gasteiger partial charge in [-0.05, 0) is 62.6 Å². The molecular weight excluding hydrogens is 462 g/mol. The number of carbonyl (C=O) groups is 1. The lowest BCUT2D eigenvalue weighted by molar-refractivity contribution is 0.0600. The summed E-state index contributed by atoms with van der Waals surface area (Å²) in [6.45, 7) is 10.0. The Hall–Kier alpha value is -2.09. The molecule has 28 heavy (non-hydrogen) atoms. The van der Waals surface area contributed by atoms with Crippen LogP contribution in [0.4, 0.5) is 0 Å². The van der Waals surface area contributed by atoms with E-state index in [1.54, 1.807) is 24.4 Å². The van der Waals surface area contributed by atoms with Gasteiger partial charge in [0.1, 0.15) is 11.5 Å². The van der Waals surface area contributed by atoms with Crippen molar-refractivity contribution in [3.05, 3.63) is 69.5 Å². The van der Waals surface area contributed by atoms with Crippen molar-refractivity contribution in [1.29, 1.82) is 0 Å². The monoisotopic (exact) mass is 481 g/mol. The minimum atomic E-state index is -1.78. The smallest absolute Gasteiger partial charge is 0.337 e. The number of carbonyl (C=O) groups excluding carboxylic acids is 1. The second-order valence-electron chi connectivity index (χ2n) is 6.79. The van der Waals surface area contributed by atoms with E-state index in [0.29, 0.717) is 33.5 Å².